The molecule has 16 heavy (non-hydrogen) atoms. The van der Waals surface area contributed by atoms with Crippen LogP contribution in [0.4, 0.5) is 0 Å². The van der Waals surface area contributed by atoms with Crippen LogP contribution in [0, 0.1) is 11.8 Å². The predicted molar refractivity (Wildman–Crippen MR) is 63.4 cm³/mol. The van der Waals surface area contributed by atoms with Crippen molar-refractivity contribution in [2.45, 2.75) is 25.8 Å². The molecule has 1 heterocycles. The number of hydrogen-bond donors (Lipinski definition) is 1. The van der Waals surface area contributed by atoms with Crippen LogP contribution >= 0.6 is 0 Å². The lowest BCUT2D eigenvalue weighted by atomic mass is 9.94. The van der Waals surface area contributed by atoms with E-state index in [0.717, 1.165) is 17.4 Å². The van der Waals surface area contributed by atoms with Crippen LogP contribution in [0.3, 0.4) is 0 Å². The van der Waals surface area contributed by atoms with Gasteiger partial charge in [0.1, 0.15) is 0 Å². The summed E-state index contributed by atoms with van der Waals surface area (Å²) in [6.45, 7) is 2.31. The zero-order valence-electron chi connectivity index (χ0n) is 10.5. The van der Waals surface area contributed by atoms with Crippen LogP contribution in [0.2, 0.25) is 0 Å². The van der Waals surface area contributed by atoms with Gasteiger partial charge < -0.3 is 10.1 Å². The fourth-order valence-electron chi connectivity index (χ4n) is 2.48. The largest absolute Gasteiger partial charge is 0.493 e. The molecule has 0 aromatic carbocycles. The summed E-state index contributed by atoms with van der Waals surface area (Å²) in [7, 11) is 5.69. The second kappa shape index (κ2) is 4.45. The van der Waals surface area contributed by atoms with E-state index in [0.29, 0.717) is 12.0 Å². The van der Waals surface area contributed by atoms with E-state index >= 15 is 0 Å². The number of nitrogens with one attached hydrogen (secondary N) is 1. The van der Waals surface area contributed by atoms with Gasteiger partial charge in [0.15, 0.2) is 5.75 Å². The molecular formula is C12H21N3O. The van der Waals surface area contributed by atoms with Gasteiger partial charge in [0, 0.05) is 7.05 Å². The number of nitrogens with zero attached hydrogens (tertiary/aromatic N) is 2. The van der Waals surface area contributed by atoms with Crippen LogP contribution in [0.1, 0.15) is 31.5 Å². The first-order chi connectivity index (χ1) is 7.69. The van der Waals surface area contributed by atoms with E-state index in [1.54, 1.807) is 13.3 Å². The second-order valence-corrected chi connectivity index (χ2v) is 4.68. The Labute approximate surface area is 97.0 Å². The molecule has 90 valence electrons. The number of ether oxygens (including phenoxy) is 1. The van der Waals surface area contributed by atoms with Gasteiger partial charge in [0.25, 0.3) is 0 Å². The minimum absolute atomic E-state index is 0.329. The first-order valence-electron chi connectivity index (χ1n) is 5.92. The second-order valence-electron chi connectivity index (χ2n) is 4.68. The van der Waals surface area contributed by atoms with Crippen LogP contribution in [0.15, 0.2) is 6.20 Å². The van der Waals surface area contributed by atoms with E-state index in [4.69, 9.17) is 4.74 Å². The van der Waals surface area contributed by atoms with Gasteiger partial charge in [0.2, 0.25) is 0 Å². The fraction of sp³-hybridized carbons (Fsp3) is 0.750. The van der Waals surface area contributed by atoms with Crippen LogP contribution in [-0.4, -0.2) is 23.9 Å². The Kier molecular flexibility index (Phi) is 3.19. The zero-order valence-corrected chi connectivity index (χ0v) is 10.5. The maximum atomic E-state index is 5.38. The Hall–Kier alpha value is -1.03. The quantitative estimate of drug-likeness (QED) is 0.826. The molecule has 1 saturated carbocycles. The third-order valence-electron chi connectivity index (χ3n) is 3.67. The number of hydrogen-bond acceptors (Lipinski definition) is 3. The topological polar surface area (TPSA) is 39.1 Å². The molecule has 1 fully saturated rings. The molecule has 1 aliphatic rings. The molecule has 4 nitrogen and oxygen atoms in total. The SMILES string of the molecule is CNC(c1c(OC)cnn1C)C(C)C1CC1. The van der Waals surface area contributed by atoms with Crippen LogP contribution in [-0.2, 0) is 7.05 Å². The van der Waals surface area contributed by atoms with Gasteiger partial charge in [-0.25, -0.2) is 0 Å². The van der Waals surface area contributed by atoms with Crippen molar-refractivity contribution in [1.29, 1.82) is 0 Å². The molecule has 1 N–H and O–H groups in total. The van der Waals surface area contributed by atoms with E-state index in [2.05, 4.69) is 17.3 Å². The van der Waals surface area contributed by atoms with Crippen molar-refractivity contribution in [3.05, 3.63) is 11.9 Å². The minimum Gasteiger partial charge on any atom is -0.493 e. The first kappa shape index (κ1) is 11.5. The average Bonchev–Trinajstić information content (AvgIpc) is 3.06. The smallest absolute Gasteiger partial charge is 0.161 e. The fourth-order valence-corrected chi connectivity index (χ4v) is 2.48. The summed E-state index contributed by atoms with van der Waals surface area (Å²) in [4.78, 5) is 0. The molecular weight excluding hydrogens is 202 g/mol. The van der Waals surface area contributed by atoms with Crippen molar-refractivity contribution in [2.24, 2.45) is 18.9 Å². The third kappa shape index (κ3) is 1.94. The molecule has 4 heteroatoms. The average molecular weight is 223 g/mol. The van der Waals surface area contributed by atoms with Crippen LogP contribution < -0.4 is 10.1 Å². The van der Waals surface area contributed by atoms with Crippen LogP contribution in [0.25, 0.3) is 0 Å². The van der Waals surface area contributed by atoms with E-state index in [9.17, 15) is 0 Å². The molecule has 0 saturated heterocycles. The summed E-state index contributed by atoms with van der Waals surface area (Å²) in [6.07, 6.45) is 4.51. The molecule has 2 rings (SSSR count). The van der Waals surface area contributed by atoms with Gasteiger partial charge in [-0.1, -0.05) is 6.92 Å². The summed E-state index contributed by atoms with van der Waals surface area (Å²) < 4.78 is 7.29. The van der Waals surface area contributed by atoms with Crippen LogP contribution in [0.5, 0.6) is 5.75 Å². The summed E-state index contributed by atoms with van der Waals surface area (Å²) >= 11 is 0. The van der Waals surface area contributed by atoms with Crippen molar-refractivity contribution >= 4 is 0 Å². The molecule has 0 bridgehead atoms. The van der Waals surface area contributed by atoms with Crippen molar-refractivity contribution in [2.75, 3.05) is 14.2 Å². The van der Waals surface area contributed by atoms with Crippen molar-refractivity contribution in [1.82, 2.24) is 15.1 Å². The highest BCUT2D eigenvalue weighted by atomic mass is 16.5. The van der Waals surface area contributed by atoms with E-state index in [1.807, 2.05) is 18.8 Å². The highest BCUT2D eigenvalue weighted by molar-refractivity contribution is 5.29. The normalized spacial score (nSPS) is 19.5. The summed E-state index contributed by atoms with van der Waals surface area (Å²) in [5, 5.41) is 7.67. The minimum atomic E-state index is 0.329. The maximum absolute atomic E-state index is 5.38. The summed E-state index contributed by atoms with van der Waals surface area (Å²) in [5.41, 5.74) is 1.16. The number of methoxy groups -OCH3 is 1. The maximum Gasteiger partial charge on any atom is 0.161 e. The Balaban J connectivity index is 2.27. The number of aryl methyl sites for hydroxylation is 1. The molecule has 2 unspecified atom stereocenters. The van der Waals surface area contributed by atoms with E-state index < -0.39 is 0 Å². The number of aromatic nitrogens is 2. The van der Waals surface area contributed by atoms with Gasteiger partial charge in [-0.05, 0) is 31.7 Å². The van der Waals surface area contributed by atoms with Gasteiger partial charge in [-0.3, -0.25) is 4.68 Å². The lowest BCUT2D eigenvalue weighted by molar-refractivity contribution is 0.333. The molecule has 0 amide bonds. The molecule has 1 aromatic rings. The number of rotatable bonds is 5. The molecule has 1 aliphatic carbocycles. The lowest BCUT2D eigenvalue weighted by Gasteiger charge is -2.24. The van der Waals surface area contributed by atoms with Crippen molar-refractivity contribution < 1.29 is 4.74 Å². The molecule has 0 radical (unpaired) electrons. The molecule has 2 atom stereocenters. The predicted octanol–water partition coefficient (Wildman–Crippen LogP) is 1.74. The van der Waals surface area contributed by atoms with E-state index in [1.165, 1.54) is 12.8 Å². The Bertz CT molecular complexity index is 357. The molecule has 0 aliphatic heterocycles. The van der Waals surface area contributed by atoms with Crippen molar-refractivity contribution in [3.63, 3.8) is 0 Å². The van der Waals surface area contributed by atoms with Gasteiger partial charge in [0.05, 0.1) is 25.0 Å². The van der Waals surface area contributed by atoms with Gasteiger partial charge in [-0.2, -0.15) is 5.10 Å². The van der Waals surface area contributed by atoms with Gasteiger partial charge in [-0.15, -0.1) is 0 Å². The zero-order chi connectivity index (χ0) is 11.7. The summed E-state index contributed by atoms with van der Waals surface area (Å²) in [5.74, 6) is 2.38. The Morgan fingerprint density at radius 2 is 2.25 bits per heavy atom. The van der Waals surface area contributed by atoms with Crippen molar-refractivity contribution in [3.8, 4) is 5.75 Å². The monoisotopic (exact) mass is 223 g/mol. The molecule has 0 spiro atoms. The van der Waals surface area contributed by atoms with E-state index in [-0.39, 0.29) is 0 Å². The third-order valence-corrected chi connectivity index (χ3v) is 3.67. The summed E-state index contributed by atoms with van der Waals surface area (Å²) in [6, 6.07) is 0.329. The highest BCUT2D eigenvalue weighted by Crippen LogP contribution is 2.43. The highest BCUT2D eigenvalue weighted by Gasteiger charge is 2.35. The molecule has 1 aromatic heterocycles. The first-order valence-corrected chi connectivity index (χ1v) is 5.92. The lowest BCUT2D eigenvalue weighted by Crippen LogP contribution is -2.27. The Morgan fingerprint density at radius 1 is 1.56 bits per heavy atom. The van der Waals surface area contributed by atoms with Gasteiger partial charge >= 0.3 is 0 Å². The standard InChI is InChI=1S/C12H21N3O/c1-8(9-5-6-9)11(13-2)12-10(16-4)7-14-15(12)3/h7-9,11,13H,5-6H2,1-4H3. The Morgan fingerprint density at radius 3 is 2.75 bits per heavy atom.